The molecule has 1 aromatic carbocycles. The van der Waals surface area contributed by atoms with E-state index < -0.39 is 17.5 Å². The van der Waals surface area contributed by atoms with Gasteiger partial charge < -0.3 is 9.84 Å². The van der Waals surface area contributed by atoms with Gasteiger partial charge in [-0.3, -0.25) is 4.18 Å². The topological polar surface area (TPSA) is 55.8 Å². The summed E-state index contributed by atoms with van der Waals surface area (Å²) >= 11 is 1.16. The van der Waals surface area contributed by atoms with Crippen LogP contribution in [0.25, 0.3) is 0 Å². The van der Waals surface area contributed by atoms with Crippen molar-refractivity contribution in [2.75, 3.05) is 6.61 Å². The Morgan fingerprint density at radius 1 is 1.22 bits per heavy atom. The third kappa shape index (κ3) is 7.68. The molecule has 0 aromatic heterocycles. The monoisotopic (exact) mass is 394 g/mol. The molecule has 4 nitrogen and oxygen atoms in total. The minimum atomic E-state index is -0.553. The molecule has 0 bridgehead atoms. The number of rotatable bonds is 11. The van der Waals surface area contributed by atoms with Crippen LogP contribution in [0.1, 0.15) is 46.6 Å². The maximum absolute atomic E-state index is 12.2. The van der Waals surface area contributed by atoms with E-state index in [0.29, 0.717) is 6.42 Å². The third-order valence-electron chi connectivity index (χ3n) is 4.79. The van der Waals surface area contributed by atoms with Crippen molar-refractivity contribution in [3.8, 4) is 0 Å². The first-order valence-corrected chi connectivity index (χ1v) is 10.2. The maximum Gasteiger partial charge on any atom is 0.333 e. The van der Waals surface area contributed by atoms with Gasteiger partial charge in [0.2, 0.25) is 0 Å². The van der Waals surface area contributed by atoms with Crippen molar-refractivity contribution in [2.45, 2.75) is 65.1 Å². The average molecular weight is 395 g/mol. The summed E-state index contributed by atoms with van der Waals surface area (Å²) in [6.45, 7) is 15.7. The van der Waals surface area contributed by atoms with Crippen LogP contribution in [0.3, 0.4) is 0 Å². The molecule has 0 saturated carbocycles. The minimum absolute atomic E-state index is 0.0887. The summed E-state index contributed by atoms with van der Waals surface area (Å²) < 4.78 is 11.1. The minimum Gasteiger partial charge on any atom is -0.460 e. The second-order valence-corrected chi connectivity index (χ2v) is 8.91. The Morgan fingerprint density at radius 2 is 1.81 bits per heavy atom. The Hall–Kier alpha value is -1.30. The van der Waals surface area contributed by atoms with E-state index in [0.717, 1.165) is 16.9 Å². The van der Waals surface area contributed by atoms with Gasteiger partial charge in [0.05, 0.1) is 6.10 Å². The fourth-order valence-electron chi connectivity index (χ4n) is 2.88. The Bertz CT molecular complexity index is 597. The van der Waals surface area contributed by atoms with Crippen LogP contribution in [-0.4, -0.2) is 29.9 Å². The lowest BCUT2D eigenvalue weighted by Crippen LogP contribution is -2.40. The molecule has 0 radical (unpaired) electrons. The molecule has 0 aliphatic rings. The molecule has 0 spiro atoms. The number of carbonyl (C=O) groups excluding carboxylic acids is 1. The summed E-state index contributed by atoms with van der Waals surface area (Å²) in [5, 5.41) is 10.6. The highest BCUT2D eigenvalue weighted by Crippen LogP contribution is 2.35. The SMILES string of the molecule is C=C[C@](C)(C[C@@H](OC(=O)COSc1ccc(C)cc1)C(C)C)C(O)C(C)C. The van der Waals surface area contributed by atoms with Crippen molar-refractivity contribution >= 4 is 18.0 Å². The summed E-state index contributed by atoms with van der Waals surface area (Å²) in [5.74, 6) is -0.193. The fourth-order valence-corrected chi connectivity index (χ4v) is 3.41. The first-order chi connectivity index (χ1) is 12.6. The van der Waals surface area contributed by atoms with Gasteiger partial charge in [-0.25, -0.2) is 4.79 Å². The van der Waals surface area contributed by atoms with Gasteiger partial charge in [-0.2, -0.15) is 0 Å². The van der Waals surface area contributed by atoms with Crippen LogP contribution >= 0.6 is 12.0 Å². The zero-order valence-corrected chi connectivity index (χ0v) is 18.2. The van der Waals surface area contributed by atoms with Gasteiger partial charge in [-0.1, -0.05) is 58.4 Å². The maximum atomic E-state index is 12.2. The van der Waals surface area contributed by atoms with Gasteiger partial charge in [-0.05, 0) is 37.3 Å². The van der Waals surface area contributed by atoms with Crippen LogP contribution in [0.2, 0.25) is 0 Å². The normalized spacial score (nSPS) is 16.0. The predicted octanol–water partition coefficient (Wildman–Crippen LogP) is 5.19. The number of esters is 1. The van der Waals surface area contributed by atoms with Crippen molar-refractivity contribution in [1.29, 1.82) is 0 Å². The second-order valence-electron chi connectivity index (χ2n) is 8.03. The Kier molecular flexibility index (Phi) is 9.57. The molecule has 152 valence electrons. The van der Waals surface area contributed by atoms with Gasteiger partial charge in [-0.15, -0.1) is 6.58 Å². The molecule has 27 heavy (non-hydrogen) atoms. The number of benzene rings is 1. The summed E-state index contributed by atoms with van der Waals surface area (Å²) in [4.78, 5) is 13.2. The van der Waals surface area contributed by atoms with Gasteiger partial charge in [0.1, 0.15) is 6.10 Å². The molecule has 1 unspecified atom stereocenters. The van der Waals surface area contributed by atoms with Crippen LogP contribution in [0.5, 0.6) is 0 Å². The van der Waals surface area contributed by atoms with E-state index in [-0.39, 0.29) is 24.5 Å². The van der Waals surface area contributed by atoms with Gasteiger partial charge in [0, 0.05) is 22.4 Å². The molecule has 3 atom stereocenters. The van der Waals surface area contributed by atoms with E-state index in [1.54, 1.807) is 6.08 Å². The van der Waals surface area contributed by atoms with E-state index in [2.05, 4.69) is 6.58 Å². The number of aliphatic hydroxyl groups is 1. The van der Waals surface area contributed by atoms with Crippen LogP contribution in [0.15, 0.2) is 41.8 Å². The quantitative estimate of drug-likeness (QED) is 0.318. The molecule has 0 aliphatic heterocycles. The van der Waals surface area contributed by atoms with Crippen molar-refractivity contribution in [2.24, 2.45) is 17.3 Å². The predicted molar refractivity (Wildman–Crippen MR) is 111 cm³/mol. The fraction of sp³-hybridized carbons (Fsp3) is 0.591. The lowest BCUT2D eigenvalue weighted by molar-refractivity contribution is -0.156. The first kappa shape index (κ1) is 23.7. The zero-order valence-electron chi connectivity index (χ0n) is 17.4. The molecule has 0 saturated heterocycles. The van der Waals surface area contributed by atoms with E-state index in [1.807, 2.05) is 65.8 Å². The highest BCUT2D eigenvalue weighted by Gasteiger charge is 2.36. The van der Waals surface area contributed by atoms with E-state index in [1.165, 1.54) is 5.56 Å². The second kappa shape index (κ2) is 10.9. The van der Waals surface area contributed by atoms with Gasteiger partial charge in [0.25, 0.3) is 0 Å². The summed E-state index contributed by atoms with van der Waals surface area (Å²) in [6, 6.07) is 7.89. The molecule has 1 rings (SSSR count). The molecule has 1 N–H and O–H groups in total. The number of hydrogen-bond acceptors (Lipinski definition) is 5. The smallest absolute Gasteiger partial charge is 0.333 e. The molecule has 0 aliphatic carbocycles. The third-order valence-corrected chi connectivity index (χ3v) is 5.49. The number of aryl methyl sites for hydroxylation is 1. The zero-order chi connectivity index (χ0) is 20.6. The lowest BCUT2D eigenvalue weighted by atomic mass is 9.73. The summed E-state index contributed by atoms with van der Waals surface area (Å²) in [5.41, 5.74) is 0.647. The number of carbonyl (C=O) groups is 1. The molecule has 0 fully saturated rings. The van der Waals surface area contributed by atoms with Crippen molar-refractivity contribution < 1.29 is 18.8 Å². The molecule has 5 heteroatoms. The van der Waals surface area contributed by atoms with E-state index in [9.17, 15) is 9.90 Å². The molecular weight excluding hydrogens is 360 g/mol. The molecule has 1 aromatic rings. The van der Waals surface area contributed by atoms with Crippen LogP contribution in [0, 0.1) is 24.2 Å². The van der Waals surface area contributed by atoms with Crippen molar-refractivity contribution in [3.63, 3.8) is 0 Å². The first-order valence-electron chi connectivity index (χ1n) is 9.46. The number of ether oxygens (including phenoxy) is 1. The average Bonchev–Trinajstić information content (AvgIpc) is 2.61. The van der Waals surface area contributed by atoms with Crippen LogP contribution in [0.4, 0.5) is 0 Å². The van der Waals surface area contributed by atoms with E-state index >= 15 is 0 Å². The number of hydrogen-bond donors (Lipinski definition) is 1. The van der Waals surface area contributed by atoms with E-state index in [4.69, 9.17) is 8.92 Å². The van der Waals surface area contributed by atoms with Crippen molar-refractivity contribution in [1.82, 2.24) is 0 Å². The Labute approximate surface area is 168 Å². The van der Waals surface area contributed by atoms with Gasteiger partial charge >= 0.3 is 5.97 Å². The highest BCUT2D eigenvalue weighted by atomic mass is 32.2. The Morgan fingerprint density at radius 3 is 2.30 bits per heavy atom. The summed E-state index contributed by atoms with van der Waals surface area (Å²) in [7, 11) is 0. The standard InChI is InChI=1S/C22H34O4S/c1-8-22(7,21(24)16(4)5)13-19(15(2)3)26-20(23)14-25-27-18-11-9-17(6)10-12-18/h8-12,15-16,19,21,24H,1,13-14H2,2-7H3/t19-,21?,22-/m1/s1. The largest absolute Gasteiger partial charge is 0.460 e. The number of aliphatic hydroxyl groups excluding tert-OH is 1. The molecule has 0 heterocycles. The molecular formula is C22H34O4S. The molecule has 0 amide bonds. The van der Waals surface area contributed by atoms with Crippen LogP contribution in [-0.2, 0) is 13.7 Å². The lowest BCUT2D eigenvalue weighted by Gasteiger charge is -2.37. The van der Waals surface area contributed by atoms with Gasteiger partial charge in [0.15, 0.2) is 6.61 Å². The Balaban J connectivity index is 2.61. The van der Waals surface area contributed by atoms with Crippen molar-refractivity contribution in [3.05, 3.63) is 42.5 Å². The van der Waals surface area contributed by atoms with Crippen LogP contribution < -0.4 is 0 Å². The highest BCUT2D eigenvalue weighted by molar-refractivity contribution is 7.94. The summed E-state index contributed by atoms with van der Waals surface area (Å²) in [6.07, 6.45) is 1.42.